The number of ether oxygens (including phenoxy) is 2. The molecule has 0 atom stereocenters. The molecule has 8 heteroatoms. The average molecular weight is 376 g/mol. The number of nitro benzene ring substituents is 1. The summed E-state index contributed by atoms with van der Waals surface area (Å²) in [5.74, 6) is -0.263. The van der Waals surface area contributed by atoms with Gasteiger partial charge in [-0.25, -0.2) is 4.79 Å². The van der Waals surface area contributed by atoms with Gasteiger partial charge in [0.15, 0.2) is 0 Å². The smallest absolute Gasteiger partial charge is 0.374 e. The normalized spacial score (nSPS) is 10.7. The highest BCUT2D eigenvalue weighted by molar-refractivity contribution is 6.32. The lowest BCUT2D eigenvalue weighted by molar-refractivity contribution is -0.384. The number of fused-ring (bicyclic) bond motifs is 1. The molecule has 0 spiro atoms. The fourth-order valence-corrected chi connectivity index (χ4v) is 2.70. The van der Waals surface area contributed by atoms with Gasteiger partial charge in [0, 0.05) is 17.5 Å². The highest BCUT2D eigenvalue weighted by Crippen LogP contribution is 2.32. The zero-order valence-corrected chi connectivity index (χ0v) is 14.5. The van der Waals surface area contributed by atoms with Crippen molar-refractivity contribution in [2.75, 3.05) is 6.61 Å². The van der Waals surface area contributed by atoms with Crippen LogP contribution in [-0.2, 0) is 11.3 Å². The number of non-ortho nitro benzene ring substituents is 1. The summed E-state index contributed by atoms with van der Waals surface area (Å²) in [5.41, 5.74) is 0.917. The average Bonchev–Trinajstić information content (AvgIpc) is 2.99. The maximum absolute atomic E-state index is 12.2. The van der Waals surface area contributed by atoms with Crippen LogP contribution in [0.2, 0.25) is 5.02 Å². The molecule has 0 radical (unpaired) electrons. The van der Waals surface area contributed by atoms with Crippen molar-refractivity contribution < 1.29 is 23.6 Å². The summed E-state index contributed by atoms with van der Waals surface area (Å²) in [6.45, 7) is 1.90. The Hall–Kier alpha value is -3.06. The van der Waals surface area contributed by atoms with Crippen molar-refractivity contribution in [1.29, 1.82) is 0 Å². The standard InChI is InChI=1S/C18H14ClNO6/c1-2-24-18(21)17-13(12-5-3-4-6-15(12)26-17)10-25-16-8-7-11(20(22)23)9-14(16)19/h3-9H,2,10H2,1H3. The number of rotatable bonds is 6. The SMILES string of the molecule is CCOC(=O)c1oc2ccccc2c1COc1ccc([N+](=O)[O-])cc1Cl. The Morgan fingerprint density at radius 3 is 2.73 bits per heavy atom. The Morgan fingerprint density at radius 2 is 2.04 bits per heavy atom. The van der Waals surface area contributed by atoms with E-state index in [4.69, 9.17) is 25.5 Å². The first kappa shape index (κ1) is 17.8. The van der Waals surface area contributed by atoms with Crippen molar-refractivity contribution in [3.63, 3.8) is 0 Å². The molecule has 0 saturated carbocycles. The summed E-state index contributed by atoms with van der Waals surface area (Å²) in [6, 6.07) is 11.1. The highest BCUT2D eigenvalue weighted by atomic mass is 35.5. The molecule has 2 aromatic carbocycles. The Kier molecular flexibility index (Phi) is 5.09. The highest BCUT2D eigenvalue weighted by Gasteiger charge is 2.22. The van der Waals surface area contributed by atoms with Gasteiger partial charge in [0.2, 0.25) is 5.76 Å². The molecule has 0 aliphatic rings. The van der Waals surface area contributed by atoms with Crippen molar-refractivity contribution in [2.45, 2.75) is 13.5 Å². The monoisotopic (exact) mass is 375 g/mol. The molecule has 0 aliphatic carbocycles. The molecule has 134 valence electrons. The number of carbonyl (C=O) groups is 1. The van der Waals surface area contributed by atoms with E-state index >= 15 is 0 Å². The zero-order valence-electron chi connectivity index (χ0n) is 13.7. The molecule has 0 saturated heterocycles. The largest absolute Gasteiger partial charge is 0.487 e. The third-order valence-electron chi connectivity index (χ3n) is 3.66. The molecular weight excluding hydrogens is 362 g/mol. The Bertz CT molecular complexity index is 981. The summed E-state index contributed by atoms with van der Waals surface area (Å²) in [7, 11) is 0. The number of esters is 1. The van der Waals surface area contributed by atoms with Crippen LogP contribution in [0.15, 0.2) is 46.9 Å². The third-order valence-corrected chi connectivity index (χ3v) is 3.95. The molecule has 0 N–H and O–H groups in total. The first-order chi connectivity index (χ1) is 12.5. The van der Waals surface area contributed by atoms with Gasteiger partial charge in [-0.05, 0) is 19.1 Å². The zero-order chi connectivity index (χ0) is 18.7. The quantitative estimate of drug-likeness (QED) is 0.350. The van der Waals surface area contributed by atoms with Gasteiger partial charge < -0.3 is 13.9 Å². The van der Waals surface area contributed by atoms with E-state index in [2.05, 4.69) is 0 Å². The van der Waals surface area contributed by atoms with Gasteiger partial charge in [-0.1, -0.05) is 29.8 Å². The lowest BCUT2D eigenvalue weighted by atomic mass is 10.1. The summed E-state index contributed by atoms with van der Waals surface area (Å²) in [4.78, 5) is 22.4. The van der Waals surface area contributed by atoms with Gasteiger partial charge >= 0.3 is 5.97 Å². The Labute approximate surface area is 153 Å². The number of para-hydroxylation sites is 1. The van der Waals surface area contributed by atoms with E-state index in [1.54, 1.807) is 25.1 Å². The van der Waals surface area contributed by atoms with Crippen LogP contribution in [-0.4, -0.2) is 17.5 Å². The van der Waals surface area contributed by atoms with E-state index in [0.717, 1.165) is 0 Å². The van der Waals surface area contributed by atoms with Crippen LogP contribution in [0.5, 0.6) is 5.75 Å². The summed E-state index contributed by atoms with van der Waals surface area (Å²) in [5, 5.41) is 11.6. The number of benzene rings is 2. The van der Waals surface area contributed by atoms with Gasteiger partial charge in [-0.15, -0.1) is 0 Å². The predicted molar refractivity (Wildman–Crippen MR) is 94.6 cm³/mol. The second-order valence-electron chi connectivity index (χ2n) is 5.29. The van der Waals surface area contributed by atoms with Gasteiger partial charge in [0.1, 0.15) is 17.9 Å². The molecule has 3 rings (SSSR count). The maximum atomic E-state index is 12.2. The van der Waals surface area contributed by atoms with Crippen LogP contribution in [0, 0.1) is 10.1 Å². The minimum absolute atomic E-state index is 0.0112. The predicted octanol–water partition coefficient (Wildman–Crippen LogP) is 4.75. The lowest BCUT2D eigenvalue weighted by Crippen LogP contribution is -2.08. The third kappa shape index (κ3) is 3.48. The molecular formula is C18H14ClNO6. The summed E-state index contributed by atoms with van der Waals surface area (Å²) < 4.78 is 16.3. The van der Waals surface area contributed by atoms with Crippen LogP contribution in [0.25, 0.3) is 11.0 Å². The van der Waals surface area contributed by atoms with Crippen molar-refractivity contribution >= 4 is 34.2 Å². The van der Waals surface area contributed by atoms with Gasteiger partial charge in [0.05, 0.1) is 22.1 Å². The molecule has 0 amide bonds. The van der Waals surface area contributed by atoms with E-state index in [9.17, 15) is 14.9 Å². The van der Waals surface area contributed by atoms with Gasteiger partial charge in [-0.2, -0.15) is 0 Å². The van der Waals surface area contributed by atoms with E-state index in [-0.39, 0.29) is 35.4 Å². The van der Waals surface area contributed by atoms with E-state index < -0.39 is 10.9 Å². The number of nitrogens with zero attached hydrogens (tertiary/aromatic N) is 1. The fraction of sp³-hybridized carbons (Fsp3) is 0.167. The van der Waals surface area contributed by atoms with Crippen LogP contribution >= 0.6 is 11.6 Å². The topological polar surface area (TPSA) is 91.8 Å². The number of nitro groups is 1. The number of hydrogen-bond acceptors (Lipinski definition) is 6. The van der Waals surface area contributed by atoms with E-state index in [1.807, 2.05) is 6.07 Å². The molecule has 0 bridgehead atoms. The maximum Gasteiger partial charge on any atom is 0.374 e. The van der Waals surface area contributed by atoms with Crippen LogP contribution < -0.4 is 4.74 Å². The molecule has 7 nitrogen and oxygen atoms in total. The van der Waals surface area contributed by atoms with Crippen molar-refractivity contribution in [2.24, 2.45) is 0 Å². The second-order valence-corrected chi connectivity index (χ2v) is 5.69. The summed E-state index contributed by atoms with van der Waals surface area (Å²) >= 11 is 6.04. The van der Waals surface area contributed by atoms with Crippen molar-refractivity contribution in [1.82, 2.24) is 0 Å². The molecule has 3 aromatic rings. The lowest BCUT2D eigenvalue weighted by Gasteiger charge is -2.08. The van der Waals surface area contributed by atoms with Crippen LogP contribution in [0.4, 0.5) is 5.69 Å². The van der Waals surface area contributed by atoms with Crippen molar-refractivity contribution in [3.05, 3.63) is 68.9 Å². The molecule has 0 unspecified atom stereocenters. The number of halogens is 1. The van der Waals surface area contributed by atoms with Crippen LogP contribution in [0.1, 0.15) is 23.0 Å². The minimum Gasteiger partial charge on any atom is -0.487 e. The molecule has 26 heavy (non-hydrogen) atoms. The molecule has 1 heterocycles. The molecule has 1 aromatic heterocycles. The molecule has 0 fully saturated rings. The molecule has 0 aliphatic heterocycles. The summed E-state index contributed by atoms with van der Waals surface area (Å²) in [6.07, 6.45) is 0. The fourth-order valence-electron chi connectivity index (χ4n) is 2.47. The number of furan rings is 1. The van der Waals surface area contributed by atoms with E-state index in [1.165, 1.54) is 18.2 Å². The van der Waals surface area contributed by atoms with Gasteiger partial charge in [-0.3, -0.25) is 10.1 Å². The first-order valence-electron chi connectivity index (χ1n) is 7.75. The minimum atomic E-state index is -0.586. The van der Waals surface area contributed by atoms with Crippen molar-refractivity contribution in [3.8, 4) is 5.75 Å². The second kappa shape index (κ2) is 7.45. The first-order valence-corrected chi connectivity index (χ1v) is 8.13. The number of hydrogen-bond donors (Lipinski definition) is 0. The number of carbonyl (C=O) groups excluding carboxylic acids is 1. The Balaban J connectivity index is 1.92. The van der Waals surface area contributed by atoms with E-state index in [0.29, 0.717) is 16.5 Å². The van der Waals surface area contributed by atoms with Gasteiger partial charge in [0.25, 0.3) is 5.69 Å². The Morgan fingerprint density at radius 1 is 1.27 bits per heavy atom. The van der Waals surface area contributed by atoms with Crippen LogP contribution in [0.3, 0.4) is 0 Å².